The van der Waals surface area contributed by atoms with Gasteiger partial charge in [0.25, 0.3) is 0 Å². The molecule has 1 saturated heterocycles. The number of nitrogens with one attached hydrogen (secondary N) is 1. The topological polar surface area (TPSA) is 54.2 Å². The molecule has 3 rings (SSSR count). The molecule has 0 spiro atoms. The summed E-state index contributed by atoms with van der Waals surface area (Å²) in [5, 5.41) is 7.69. The SMILES string of the molecule is CCCCN(Cc1nc(C2CC2)no1)CC1CCCN1. The third-order valence-corrected chi connectivity index (χ3v) is 4.25. The highest BCUT2D eigenvalue weighted by Crippen LogP contribution is 2.38. The molecule has 0 amide bonds. The Morgan fingerprint density at radius 1 is 1.35 bits per heavy atom. The van der Waals surface area contributed by atoms with E-state index in [1.807, 2.05) is 0 Å². The summed E-state index contributed by atoms with van der Waals surface area (Å²) < 4.78 is 5.42. The molecule has 0 radical (unpaired) electrons. The lowest BCUT2D eigenvalue weighted by atomic mass is 10.2. The minimum Gasteiger partial charge on any atom is -0.338 e. The van der Waals surface area contributed by atoms with Gasteiger partial charge < -0.3 is 9.84 Å². The first kappa shape index (κ1) is 14.0. The zero-order valence-electron chi connectivity index (χ0n) is 12.5. The molecular formula is C15H26N4O. The van der Waals surface area contributed by atoms with Gasteiger partial charge in [-0.3, -0.25) is 4.90 Å². The lowest BCUT2D eigenvalue weighted by Gasteiger charge is -2.23. The van der Waals surface area contributed by atoms with Crippen molar-refractivity contribution in [3.63, 3.8) is 0 Å². The maximum Gasteiger partial charge on any atom is 0.240 e. The van der Waals surface area contributed by atoms with Crippen LogP contribution >= 0.6 is 0 Å². The number of rotatable bonds is 8. The highest BCUT2D eigenvalue weighted by atomic mass is 16.5. The van der Waals surface area contributed by atoms with Gasteiger partial charge in [-0.2, -0.15) is 4.98 Å². The van der Waals surface area contributed by atoms with E-state index in [1.165, 1.54) is 45.1 Å². The quantitative estimate of drug-likeness (QED) is 0.791. The van der Waals surface area contributed by atoms with Crippen molar-refractivity contribution < 1.29 is 4.52 Å². The average Bonchev–Trinajstić information content (AvgIpc) is 2.98. The number of nitrogens with zero attached hydrogens (tertiary/aromatic N) is 3. The van der Waals surface area contributed by atoms with Crippen molar-refractivity contribution in [3.05, 3.63) is 11.7 Å². The molecule has 1 aliphatic heterocycles. The second-order valence-electron chi connectivity index (χ2n) is 6.20. The van der Waals surface area contributed by atoms with Crippen LogP contribution in [0.15, 0.2) is 4.52 Å². The highest BCUT2D eigenvalue weighted by Gasteiger charge is 2.29. The Balaban J connectivity index is 1.55. The Labute approximate surface area is 121 Å². The summed E-state index contributed by atoms with van der Waals surface area (Å²) >= 11 is 0. The van der Waals surface area contributed by atoms with E-state index in [0.717, 1.165) is 31.3 Å². The van der Waals surface area contributed by atoms with Crippen LogP contribution in [0, 0.1) is 0 Å². The van der Waals surface area contributed by atoms with Gasteiger partial charge in [0, 0.05) is 18.5 Å². The van der Waals surface area contributed by atoms with Crippen molar-refractivity contribution in [2.45, 2.75) is 64.0 Å². The fraction of sp³-hybridized carbons (Fsp3) is 0.867. The Kier molecular flexibility index (Phi) is 4.68. The van der Waals surface area contributed by atoms with E-state index in [4.69, 9.17) is 4.52 Å². The van der Waals surface area contributed by atoms with Crippen LogP contribution in [0.3, 0.4) is 0 Å². The summed E-state index contributed by atoms with van der Waals surface area (Å²) in [5.74, 6) is 2.29. The molecule has 2 heterocycles. The van der Waals surface area contributed by atoms with E-state index in [1.54, 1.807) is 0 Å². The Morgan fingerprint density at radius 2 is 2.25 bits per heavy atom. The average molecular weight is 278 g/mol. The molecule has 1 aromatic rings. The van der Waals surface area contributed by atoms with Crippen molar-refractivity contribution in [1.82, 2.24) is 20.4 Å². The van der Waals surface area contributed by atoms with Crippen molar-refractivity contribution in [1.29, 1.82) is 0 Å². The lowest BCUT2D eigenvalue weighted by molar-refractivity contribution is 0.206. The van der Waals surface area contributed by atoms with E-state index in [2.05, 4.69) is 27.3 Å². The predicted molar refractivity (Wildman–Crippen MR) is 77.5 cm³/mol. The zero-order chi connectivity index (χ0) is 13.8. The lowest BCUT2D eigenvalue weighted by Crippen LogP contribution is -2.37. The van der Waals surface area contributed by atoms with Crippen LogP contribution in [0.25, 0.3) is 0 Å². The van der Waals surface area contributed by atoms with Crippen LogP contribution in [-0.2, 0) is 6.54 Å². The van der Waals surface area contributed by atoms with Crippen molar-refractivity contribution in [2.24, 2.45) is 0 Å². The maximum atomic E-state index is 5.42. The Hall–Kier alpha value is -0.940. The van der Waals surface area contributed by atoms with Crippen molar-refractivity contribution >= 4 is 0 Å². The fourth-order valence-electron chi connectivity index (χ4n) is 2.87. The second kappa shape index (κ2) is 6.68. The number of hydrogen-bond donors (Lipinski definition) is 1. The van der Waals surface area contributed by atoms with Gasteiger partial charge in [-0.1, -0.05) is 18.5 Å². The summed E-state index contributed by atoms with van der Waals surface area (Å²) in [7, 11) is 0. The molecule has 2 fully saturated rings. The van der Waals surface area contributed by atoms with Gasteiger partial charge in [0.05, 0.1) is 6.54 Å². The molecule has 1 N–H and O–H groups in total. The standard InChI is InChI=1S/C15H26N4O/c1-2-3-9-19(10-13-5-4-8-16-13)11-14-17-15(18-20-14)12-6-7-12/h12-13,16H,2-11H2,1H3. The molecule has 5 heteroatoms. The smallest absolute Gasteiger partial charge is 0.240 e. The van der Waals surface area contributed by atoms with Gasteiger partial charge in [-0.15, -0.1) is 0 Å². The fourth-order valence-corrected chi connectivity index (χ4v) is 2.87. The summed E-state index contributed by atoms with van der Waals surface area (Å²) in [6, 6.07) is 0.637. The number of unbranched alkanes of at least 4 members (excludes halogenated alkanes) is 1. The number of aromatic nitrogens is 2. The van der Waals surface area contributed by atoms with Crippen molar-refractivity contribution in [3.8, 4) is 0 Å². The Morgan fingerprint density at radius 3 is 2.95 bits per heavy atom. The van der Waals surface area contributed by atoms with Crippen molar-refractivity contribution in [2.75, 3.05) is 19.6 Å². The van der Waals surface area contributed by atoms with E-state index in [9.17, 15) is 0 Å². The molecule has 2 aliphatic rings. The van der Waals surface area contributed by atoms with E-state index in [0.29, 0.717) is 12.0 Å². The first-order chi connectivity index (χ1) is 9.85. The van der Waals surface area contributed by atoms with Crippen LogP contribution < -0.4 is 5.32 Å². The van der Waals surface area contributed by atoms with E-state index >= 15 is 0 Å². The molecule has 1 unspecified atom stereocenters. The minimum atomic E-state index is 0.577. The van der Waals surface area contributed by atoms with Crippen LogP contribution in [0.4, 0.5) is 0 Å². The van der Waals surface area contributed by atoms with Gasteiger partial charge in [0.2, 0.25) is 5.89 Å². The maximum absolute atomic E-state index is 5.42. The molecule has 1 atom stereocenters. The molecule has 1 saturated carbocycles. The van der Waals surface area contributed by atoms with Gasteiger partial charge in [-0.05, 0) is 45.2 Å². The molecule has 112 valence electrons. The van der Waals surface area contributed by atoms with Crippen LogP contribution in [0.5, 0.6) is 0 Å². The monoisotopic (exact) mass is 278 g/mol. The largest absolute Gasteiger partial charge is 0.338 e. The summed E-state index contributed by atoms with van der Waals surface area (Å²) in [6.45, 7) is 6.43. The highest BCUT2D eigenvalue weighted by molar-refractivity contribution is 5.03. The van der Waals surface area contributed by atoms with Crippen LogP contribution in [0.2, 0.25) is 0 Å². The van der Waals surface area contributed by atoms with Gasteiger partial charge in [-0.25, -0.2) is 0 Å². The third-order valence-electron chi connectivity index (χ3n) is 4.25. The summed E-state index contributed by atoms with van der Waals surface area (Å²) in [6.07, 6.45) is 7.51. The minimum absolute atomic E-state index is 0.577. The molecule has 0 bridgehead atoms. The second-order valence-corrected chi connectivity index (χ2v) is 6.20. The summed E-state index contributed by atoms with van der Waals surface area (Å²) in [4.78, 5) is 7.02. The molecule has 1 aliphatic carbocycles. The first-order valence-electron chi connectivity index (χ1n) is 8.13. The van der Waals surface area contributed by atoms with E-state index in [-0.39, 0.29) is 0 Å². The summed E-state index contributed by atoms with van der Waals surface area (Å²) in [5.41, 5.74) is 0. The molecule has 20 heavy (non-hydrogen) atoms. The Bertz CT molecular complexity index is 410. The van der Waals surface area contributed by atoms with Gasteiger partial charge in [0.15, 0.2) is 5.82 Å². The molecule has 5 nitrogen and oxygen atoms in total. The predicted octanol–water partition coefficient (Wildman–Crippen LogP) is 2.30. The number of hydrogen-bond acceptors (Lipinski definition) is 5. The molecular weight excluding hydrogens is 252 g/mol. The van der Waals surface area contributed by atoms with Crippen LogP contribution in [0.1, 0.15) is 63.1 Å². The van der Waals surface area contributed by atoms with E-state index < -0.39 is 0 Å². The third kappa shape index (κ3) is 3.79. The van der Waals surface area contributed by atoms with Crippen LogP contribution in [-0.4, -0.2) is 40.7 Å². The van der Waals surface area contributed by atoms with Gasteiger partial charge in [0.1, 0.15) is 0 Å². The zero-order valence-corrected chi connectivity index (χ0v) is 12.5. The first-order valence-corrected chi connectivity index (χ1v) is 8.13. The molecule has 1 aromatic heterocycles. The van der Waals surface area contributed by atoms with Gasteiger partial charge >= 0.3 is 0 Å². The normalized spacial score (nSPS) is 22.8. The molecule has 0 aromatic carbocycles.